The van der Waals surface area contributed by atoms with Gasteiger partial charge in [0.05, 0.1) is 0 Å². The van der Waals surface area contributed by atoms with Crippen LogP contribution in [-0.4, -0.2) is 40.6 Å². The van der Waals surface area contributed by atoms with Gasteiger partial charge in [-0.1, -0.05) is 30.3 Å². The van der Waals surface area contributed by atoms with Crippen molar-refractivity contribution in [3.05, 3.63) is 35.9 Å². The maximum absolute atomic E-state index is 12.4. The second-order valence-electron chi connectivity index (χ2n) is 6.88. The molecule has 0 saturated carbocycles. The van der Waals surface area contributed by atoms with Crippen LogP contribution < -0.4 is 5.32 Å². The first kappa shape index (κ1) is 19.4. The summed E-state index contributed by atoms with van der Waals surface area (Å²) in [6, 6.07) is 8.02. The zero-order chi connectivity index (χ0) is 19.3. The zero-order valence-electron chi connectivity index (χ0n) is 15.0. The lowest BCUT2D eigenvalue weighted by atomic mass is 10.1. The predicted octanol–water partition coefficient (Wildman–Crippen LogP) is 1.73. The summed E-state index contributed by atoms with van der Waals surface area (Å²) >= 11 is 0. The molecule has 8 heteroatoms. The molecule has 0 radical (unpaired) electrons. The number of nitrogens with one attached hydrogen (secondary N) is 1. The van der Waals surface area contributed by atoms with Gasteiger partial charge in [-0.2, -0.15) is 0 Å². The molecule has 0 aromatic heterocycles. The van der Waals surface area contributed by atoms with Crippen LogP contribution >= 0.6 is 0 Å². The molecule has 3 amide bonds. The Morgan fingerprint density at radius 1 is 1.12 bits per heavy atom. The van der Waals surface area contributed by atoms with E-state index in [1.807, 2.05) is 6.07 Å². The molecule has 8 nitrogen and oxygen atoms in total. The highest BCUT2D eigenvalue weighted by Gasteiger charge is 2.34. The van der Waals surface area contributed by atoms with Gasteiger partial charge in [-0.3, -0.25) is 9.59 Å². The van der Waals surface area contributed by atoms with Crippen molar-refractivity contribution in [3.8, 4) is 0 Å². The molecule has 1 unspecified atom stereocenters. The van der Waals surface area contributed by atoms with Crippen LogP contribution in [0.3, 0.4) is 0 Å². The number of hydrogen-bond donors (Lipinski definition) is 1. The van der Waals surface area contributed by atoms with Crippen LogP contribution in [0.25, 0.3) is 0 Å². The number of ether oxygens (including phenoxy) is 1. The van der Waals surface area contributed by atoms with Crippen molar-refractivity contribution in [2.45, 2.75) is 51.7 Å². The maximum atomic E-state index is 12.4. The Labute approximate surface area is 151 Å². The van der Waals surface area contributed by atoms with Gasteiger partial charge in [0.25, 0.3) is 11.8 Å². The summed E-state index contributed by atoms with van der Waals surface area (Å²) in [6.07, 6.45) is -0.912. The normalized spacial score (nSPS) is 15.6. The Hall–Kier alpha value is -2.90. The van der Waals surface area contributed by atoms with E-state index in [9.17, 15) is 19.2 Å². The van der Waals surface area contributed by atoms with Crippen LogP contribution in [0.5, 0.6) is 0 Å². The van der Waals surface area contributed by atoms with E-state index in [2.05, 4.69) is 5.32 Å². The van der Waals surface area contributed by atoms with E-state index in [-0.39, 0.29) is 19.3 Å². The Balaban J connectivity index is 2.07. The summed E-state index contributed by atoms with van der Waals surface area (Å²) in [6.45, 7) is 5.14. The van der Waals surface area contributed by atoms with E-state index < -0.39 is 35.5 Å². The van der Waals surface area contributed by atoms with Crippen molar-refractivity contribution in [2.24, 2.45) is 0 Å². The van der Waals surface area contributed by atoms with Gasteiger partial charge < -0.3 is 14.9 Å². The van der Waals surface area contributed by atoms with Gasteiger partial charge in [-0.15, -0.1) is 5.06 Å². The first-order valence-electron chi connectivity index (χ1n) is 8.27. The quantitative estimate of drug-likeness (QED) is 0.632. The summed E-state index contributed by atoms with van der Waals surface area (Å²) in [5.41, 5.74) is 0.0652. The Bertz CT molecular complexity index is 679. The lowest BCUT2D eigenvalue weighted by Crippen LogP contribution is -2.47. The van der Waals surface area contributed by atoms with E-state index >= 15 is 0 Å². The number of carbonyl (C=O) groups excluding carboxylic acids is 4. The molecule has 1 fully saturated rings. The summed E-state index contributed by atoms with van der Waals surface area (Å²) in [4.78, 5) is 52.3. The number of carbonyl (C=O) groups is 4. The second-order valence-corrected chi connectivity index (χ2v) is 6.88. The fraction of sp³-hybridized carbons (Fsp3) is 0.444. The minimum absolute atomic E-state index is 0.00831. The van der Waals surface area contributed by atoms with E-state index in [1.54, 1.807) is 45.0 Å². The minimum atomic E-state index is -1.07. The number of rotatable bonds is 5. The fourth-order valence-electron chi connectivity index (χ4n) is 2.33. The van der Waals surface area contributed by atoms with Gasteiger partial charge in [0, 0.05) is 19.3 Å². The number of nitrogens with zero attached hydrogens (tertiary/aromatic N) is 1. The molecular weight excluding hydrogens is 340 g/mol. The predicted molar refractivity (Wildman–Crippen MR) is 90.5 cm³/mol. The van der Waals surface area contributed by atoms with Crippen LogP contribution in [0, 0.1) is 0 Å². The topological polar surface area (TPSA) is 102 Å². The molecule has 0 bridgehead atoms. The summed E-state index contributed by atoms with van der Waals surface area (Å²) in [7, 11) is 0. The van der Waals surface area contributed by atoms with Crippen molar-refractivity contribution in [1.29, 1.82) is 0 Å². The lowest BCUT2D eigenvalue weighted by molar-refractivity contribution is -0.171. The molecule has 1 aliphatic heterocycles. The number of hydroxylamine groups is 2. The minimum Gasteiger partial charge on any atom is -0.458 e. The standard InChI is InChI=1S/C18H22N2O6/c1-18(2,3)25-16(23)13(11-12-7-5-4-6-8-12)19-17(24)26-20-14(21)9-10-15(20)22/h4-8,13H,9-11H2,1-3H3,(H,19,24). The average molecular weight is 362 g/mol. The number of esters is 1. The molecular formula is C18H22N2O6. The molecule has 1 atom stereocenters. The zero-order valence-corrected chi connectivity index (χ0v) is 15.0. The fourth-order valence-corrected chi connectivity index (χ4v) is 2.33. The molecule has 26 heavy (non-hydrogen) atoms. The van der Waals surface area contributed by atoms with E-state index in [4.69, 9.17) is 9.57 Å². The third-order valence-electron chi connectivity index (χ3n) is 3.45. The Kier molecular flexibility index (Phi) is 5.97. The van der Waals surface area contributed by atoms with Gasteiger partial charge >= 0.3 is 12.1 Å². The molecule has 1 aliphatic rings. The molecule has 0 aliphatic carbocycles. The summed E-state index contributed by atoms with van der Waals surface area (Å²) in [5.74, 6) is -1.83. The number of benzene rings is 1. The van der Waals surface area contributed by atoms with Crippen LogP contribution in [-0.2, 0) is 30.4 Å². The van der Waals surface area contributed by atoms with Crippen molar-refractivity contribution in [1.82, 2.24) is 10.4 Å². The maximum Gasteiger partial charge on any atom is 0.432 e. The van der Waals surface area contributed by atoms with Gasteiger partial charge in [-0.25, -0.2) is 9.59 Å². The molecule has 2 rings (SSSR count). The average Bonchev–Trinajstić information content (AvgIpc) is 2.85. The van der Waals surface area contributed by atoms with Gasteiger partial charge in [-0.05, 0) is 26.3 Å². The van der Waals surface area contributed by atoms with Gasteiger partial charge in [0.15, 0.2) is 0 Å². The third-order valence-corrected chi connectivity index (χ3v) is 3.45. The number of imide groups is 1. The number of amides is 3. The van der Waals surface area contributed by atoms with E-state index in [1.165, 1.54) is 0 Å². The SMILES string of the molecule is CC(C)(C)OC(=O)C(Cc1ccccc1)NC(=O)ON1C(=O)CCC1=O. The first-order valence-corrected chi connectivity index (χ1v) is 8.27. The molecule has 1 saturated heterocycles. The molecule has 1 aromatic rings. The van der Waals surface area contributed by atoms with Crippen LogP contribution in [0.15, 0.2) is 30.3 Å². The highest BCUT2D eigenvalue weighted by molar-refractivity contribution is 6.01. The van der Waals surface area contributed by atoms with Gasteiger partial charge in [0.1, 0.15) is 11.6 Å². The van der Waals surface area contributed by atoms with Crippen LogP contribution in [0.4, 0.5) is 4.79 Å². The largest absolute Gasteiger partial charge is 0.458 e. The van der Waals surface area contributed by atoms with Gasteiger partial charge in [0.2, 0.25) is 0 Å². The third kappa shape index (κ3) is 5.58. The van der Waals surface area contributed by atoms with Crippen molar-refractivity contribution < 1.29 is 28.8 Å². The lowest BCUT2D eigenvalue weighted by Gasteiger charge is -2.25. The van der Waals surface area contributed by atoms with Crippen LogP contribution in [0.1, 0.15) is 39.2 Å². The summed E-state index contributed by atoms with van der Waals surface area (Å²) in [5, 5.41) is 2.79. The molecule has 1 aromatic carbocycles. The van der Waals surface area contributed by atoms with Crippen molar-refractivity contribution in [3.63, 3.8) is 0 Å². The smallest absolute Gasteiger partial charge is 0.432 e. The highest BCUT2D eigenvalue weighted by Crippen LogP contribution is 2.14. The van der Waals surface area contributed by atoms with Crippen LogP contribution in [0.2, 0.25) is 0 Å². The Morgan fingerprint density at radius 3 is 2.23 bits per heavy atom. The van der Waals surface area contributed by atoms with Crippen molar-refractivity contribution >= 4 is 23.9 Å². The Morgan fingerprint density at radius 2 is 1.69 bits per heavy atom. The van der Waals surface area contributed by atoms with E-state index in [0.717, 1.165) is 5.56 Å². The molecule has 0 spiro atoms. The van der Waals surface area contributed by atoms with E-state index in [0.29, 0.717) is 5.06 Å². The molecule has 1 heterocycles. The monoisotopic (exact) mass is 362 g/mol. The summed E-state index contributed by atoms with van der Waals surface area (Å²) < 4.78 is 5.33. The number of hydrogen-bond acceptors (Lipinski definition) is 6. The second kappa shape index (κ2) is 7.99. The molecule has 140 valence electrons. The van der Waals surface area contributed by atoms with Crippen molar-refractivity contribution in [2.75, 3.05) is 0 Å². The highest BCUT2D eigenvalue weighted by atomic mass is 16.7. The first-order chi connectivity index (χ1) is 12.2. The molecule has 1 N–H and O–H groups in total.